The van der Waals surface area contributed by atoms with Gasteiger partial charge < -0.3 is 14.8 Å². The van der Waals surface area contributed by atoms with E-state index in [0.717, 1.165) is 25.3 Å². The van der Waals surface area contributed by atoms with Gasteiger partial charge in [-0.2, -0.15) is 0 Å². The fourth-order valence-corrected chi connectivity index (χ4v) is 2.96. The van der Waals surface area contributed by atoms with Crippen molar-refractivity contribution in [2.75, 3.05) is 20.3 Å². The summed E-state index contributed by atoms with van der Waals surface area (Å²) in [5.41, 5.74) is 2.65. The minimum atomic E-state index is 0.376. The highest BCUT2D eigenvalue weighted by Crippen LogP contribution is 2.34. The van der Waals surface area contributed by atoms with Crippen LogP contribution in [0.1, 0.15) is 37.4 Å². The SMILES string of the molecule is CCNC(c1ccc(OC)cc1C)C1COC(C)C1. The van der Waals surface area contributed by atoms with Crippen LogP contribution < -0.4 is 10.1 Å². The largest absolute Gasteiger partial charge is 0.497 e. The molecule has 0 bridgehead atoms. The van der Waals surface area contributed by atoms with E-state index in [0.29, 0.717) is 18.1 Å². The highest BCUT2D eigenvalue weighted by atomic mass is 16.5. The molecule has 0 aromatic heterocycles. The van der Waals surface area contributed by atoms with Crippen LogP contribution in [0.15, 0.2) is 18.2 Å². The van der Waals surface area contributed by atoms with Gasteiger partial charge in [0.05, 0.1) is 19.8 Å². The maximum Gasteiger partial charge on any atom is 0.119 e. The first-order valence-electron chi connectivity index (χ1n) is 7.15. The Labute approximate surface area is 116 Å². The van der Waals surface area contributed by atoms with E-state index in [9.17, 15) is 0 Å². The zero-order chi connectivity index (χ0) is 13.8. The first-order chi connectivity index (χ1) is 9.15. The van der Waals surface area contributed by atoms with E-state index < -0.39 is 0 Å². The van der Waals surface area contributed by atoms with Gasteiger partial charge in [-0.25, -0.2) is 0 Å². The van der Waals surface area contributed by atoms with E-state index >= 15 is 0 Å². The van der Waals surface area contributed by atoms with Crippen molar-refractivity contribution < 1.29 is 9.47 Å². The Hall–Kier alpha value is -1.06. The molecule has 1 aromatic carbocycles. The van der Waals surface area contributed by atoms with Gasteiger partial charge >= 0.3 is 0 Å². The number of methoxy groups -OCH3 is 1. The molecule has 1 fully saturated rings. The van der Waals surface area contributed by atoms with Crippen LogP contribution in [-0.2, 0) is 4.74 Å². The molecule has 3 atom stereocenters. The summed E-state index contributed by atoms with van der Waals surface area (Å²) in [6.45, 7) is 8.29. The van der Waals surface area contributed by atoms with Crippen LogP contribution in [0, 0.1) is 12.8 Å². The van der Waals surface area contributed by atoms with E-state index in [-0.39, 0.29) is 0 Å². The van der Waals surface area contributed by atoms with Gasteiger partial charge in [-0.3, -0.25) is 0 Å². The summed E-state index contributed by atoms with van der Waals surface area (Å²) in [6, 6.07) is 6.72. The maximum atomic E-state index is 5.73. The van der Waals surface area contributed by atoms with E-state index in [2.05, 4.69) is 38.2 Å². The van der Waals surface area contributed by atoms with Crippen LogP contribution in [0.2, 0.25) is 0 Å². The molecule has 0 amide bonds. The summed E-state index contributed by atoms with van der Waals surface area (Å²) in [4.78, 5) is 0. The van der Waals surface area contributed by atoms with Crippen molar-refractivity contribution in [3.8, 4) is 5.75 Å². The summed E-state index contributed by atoms with van der Waals surface area (Å²) < 4.78 is 11.0. The molecule has 0 radical (unpaired) electrons. The monoisotopic (exact) mass is 263 g/mol. The number of aryl methyl sites for hydroxylation is 1. The molecule has 1 aliphatic heterocycles. The van der Waals surface area contributed by atoms with Crippen LogP contribution in [0.3, 0.4) is 0 Å². The summed E-state index contributed by atoms with van der Waals surface area (Å²) >= 11 is 0. The fraction of sp³-hybridized carbons (Fsp3) is 0.625. The molecular formula is C16H25NO2. The molecule has 1 aromatic rings. The molecule has 1 heterocycles. The lowest BCUT2D eigenvalue weighted by Crippen LogP contribution is -2.29. The Morgan fingerprint density at radius 2 is 2.26 bits per heavy atom. The number of hydrogen-bond acceptors (Lipinski definition) is 3. The van der Waals surface area contributed by atoms with Crippen molar-refractivity contribution >= 4 is 0 Å². The van der Waals surface area contributed by atoms with Crippen molar-refractivity contribution in [2.45, 2.75) is 39.3 Å². The molecule has 0 saturated carbocycles. The average Bonchev–Trinajstić information content (AvgIpc) is 2.83. The molecule has 1 saturated heterocycles. The number of nitrogens with one attached hydrogen (secondary N) is 1. The summed E-state index contributed by atoms with van der Waals surface area (Å²) in [5, 5.41) is 3.62. The van der Waals surface area contributed by atoms with Crippen LogP contribution in [-0.4, -0.2) is 26.4 Å². The smallest absolute Gasteiger partial charge is 0.119 e. The Morgan fingerprint density at radius 3 is 2.79 bits per heavy atom. The number of benzene rings is 1. The number of hydrogen-bond donors (Lipinski definition) is 1. The van der Waals surface area contributed by atoms with E-state index in [4.69, 9.17) is 9.47 Å². The van der Waals surface area contributed by atoms with Crippen LogP contribution >= 0.6 is 0 Å². The minimum Gasteiger partial charge on any atom is -0.497 e. The Bertz CT molecular complexity index is 419. The van der Waals surface area contributed by atoms with Crippen molar-refractivity contribution in [3.05, 3.63) is 29.3 Å². The molecular weight excluding hydrogens is 238 g/mol. The minimum absolute atomic E-state index is 0.376. The second kappa shape index (κ2) is 6.40. The third-order valence-electron chi connectivity index (χ3n) is 3.94. The van der Waals surface area contributed by atoms with Gasteiger partial charge in [0.15, 0.2) is 0 Å². The Morgan fingerprint density at radius 1 is 1.47 bits per heavy atom. The Balaban J connectivity index is 2.23. The summed E-state index contributed by atoms with van der Waals surface area (Å²) in [6.07, 6.45) is 1.51. The molecule has 3 unspecified atom stereocenters. The lowest BCUT2D eigenvalue weighted by molar-refractivity contribution is 0.117. The van der Waals surface area contributed by atoms with Crippen LogP contribution in [0.4, 0.5) is 0 Å². The van der Waals surface area contributed by atoms with Gasteiger partial charge in [-0.15, -0.1) is 0 Å². The molecule has 3 heteroatoms. The van der Waals surface area contributed by atoms with E-state index in [1.807, 2.05) is 6.07 Å². The third kappa shape index (κ3) is 3.28. The maximum absolute atomic E-state index is 5.73. The molecule has 3 nitrogen and oxygen atoms in total. The lowest BCUT2D eigenvalue weighted by atomic mass is 9.88. The second-order valence-corrected chi connectivity index (χ2v) is 5.40. The topological polar surface area (TPSA) is 30.5 Å². The van der Waals surface area contributed by atoms with Crippen molar-refractivity contribution in [2.24, 2.45) is 5.92 Å². The third-order valence-corrected chi connectivity index (χ3v) is 3.94. The first kappa shape index (κ1) is 14.4. The lowest BCUT2D eigenvalue weighted by Gasteiger charge is -2.25. The van der Waals surface area contributed by atoms with Crippen molar-refractivity contribution in [1.82, 2.24) is 5.32 Å². The number of rotatable bonds is 5. The van der Waals surface area contributed by atoms with Gasteiger partial charge in [0.2, 0.25) is 0 Å². The van der Waals surface area contributed by atoms with Gasteiger partial charge in [-0.1, -0.05) is 13.0 Å². The highest BCUT2D eigenvalue weighted by molar-refractivity contribution is 5.37. The quantitative estimate of drug-likeness (QED) is 0.885. The van der Waals surface area contributed by atoms with Gasteiger partial charge in [0.25, 0.3) is 0 Å². The normalized spacial score (nSPS) is 24.4. The standard InChI is InChI=1S/C16H25NO2/c1-5-17-16(13-9-12(3)19-10-13)15-7-6-14(18-4)8-11(15)2/h6-8,12-13,16-17H,5,9-10H2,1-4H3. The molecule has 106 valence electrons. The van der Waals surface area contributed by atoms with E-state index in [1.54, 1.807) is 7.11 Å². The van der Waals surface area contributed by atoms with Gasteiger partial charge in [0, 0.05) is 12.0 Å². The summed E-state index contributed by atoms with van der Waals surface area (Å²) in [7, 11) is 1.71. The molecule has 1 N–H and O–H groups in total. The zero-order valence-corrected chi connectivity index (χ0v) is 12.4. The summed E-state index contributed by atoms with van der Waals surface area (Å²) in [5.74, 6) is 1.48. The zero-order valence-electron chi connectivity index (χ0n) is 12.4. The fourth-order valence-electron chi connectivity index (χ4n) is 2.96. The van der Waals surface area contributed by atoms with Crippen molar-refractivity contribution in [1.29, 1.82) is 0 Å². The predicted octanol–water partition coefficient (Wildman–Crippen LogP) is 3.08. The first-order valence-corrected chi connectivity index (χ1v) is 7.15. The molecule has 0 aliphatic carbocycles. The van der Waals surface area contributed by atoms with Gasteiger partial charge in [0.1, 0.15) is 5.75 Å². The van der Waals surface area contributed by atoms with Gasteiger partial charge in [-0.05, 0) is 50.1 Å². The van der Waals surface area contributed by atoms with E-state index in [1.165, 1.54) is 11.1 Å². The van der Waals surface area contributed by atoms with Crippen LogP contribution in [0.25, 0.3) is 0 Å². The Kier molecular flexibility index (Phi) is 4.83. The second-order valence-electron chi connectivity index (χ2n) is 5.40. The van der Waals surface area contributed by atoms with Crippen LogP contribution in [0.5, 0.6) is 5.75 Å². The molecule has 2 rings (SSSR count). The van der Waals surface area contributed by atoms with Crippen molar-refractivity contribution in [3.63, 3.8) is 0 Å². The molecule has 19 heavy (non-hydrogen) atoms. The highest BCUT2D eigenvalue weighted by Gasteiger charge is 2.30. The predicted molar refractivity (Wildman–Crippen MR) is 77.7 cm³/mol. The average molecular weight is 263 g/mol. The molecule has 1 aliphatic rings. The molecule has 0 spiro atoms. The number of ether oxygens (including phenoxy) is 2.